The quantitative estimate of drug-likeness (QED) is 0.318. The van der Waals surface area contributed by atoms with Crippen LogP contribution in [0.5, 0.6) is 11.5 Å². The number of rotatable bonds is 11. The van der Waals surface area contributed by atoms with Gasteiger partial charge in [0.15, 0.2) is 11.5 Å². The van der Waals surface area contributed by atoms with E-state index in [1.54, 1.807) is 6.07 Å². The van der Waals surface area contributed by atoms with Gasteiger partial charge < -0.3 is 14.8 Å². The Kier molecular flexibility index (Phi) is 8.43. The standard InChI is InChI=1S/C29H30N2O5S/c1-35-27-16-15-25(19-28(27)36-2)37(33,34)31(18-17-22-9-4-3-5-10-22)21-29(32)30-20-24-13-8-12-23-11-6-7-14-26(23)24/h3-16,19H,17-18,20-21H2,1-2H3,(H,30,32). The number of sulfonamides is 1. The molecule has 7 nitrogen and oxygen atoms in total. The largest absolute Gasteiger partial charge is 0.493 e. The minimum Gasteiger partial charge on any atom is -0.493 e. The predicted octanol–water partition coefficient (Wildman–Crippen LogP) is 4.41. The summed E-state index contributed by atoms with van der Waals surface area (Å²) in [5.41, 5.74) is 1.94. The number of amides is 1. The van der Waals surface area contributed by atoms with E-state index in [0.717, 1.165) is 21.9 Å². The Bertz CT molecular complexity index is 1470. The molecule has 192 valence electrons. The average molecular weight is 519 g/mol. The lowest BCUT2D eigenvalue weighted by molar-refractivity contribution is -0.121. The molecule has 0 saturated carbocycles. The van der Waals surface area contributed by atoms with Gasteiger partial charge in [0.05, 0.1) is 25.7 Å². The Morgan fingerprint density at radius 1 is 0.838 bits per heavy atom. The third-order valence-corrected chi connectivity index (χ3v) is 8.00. The summed E-state index contributed by atoms with van der Waals surface area (Å²) in [4.78, 5) is 13.0. The van der Waals surface area contributed by atoms with Gasteiger partial charge in [0, 0.05) is 19.2 Å². The number of fused-ring (bicyclic) bond motifs is 1. The Morgan fingerprint density at radius 2 is 1.54 bits per heavy atom. The molecule has 4 aromatic carbocycles. The molecule has 8 heteroatoms. The zero-order chi connectivity index (χ0) is 26.3. The maximum absolute atomic E-state index is 13.7. The van der Waals surface area contributed by atoms with Crippen LogP contribution in [-0.4, -0.2) is 45.9 Å². The number of hydrogen-bond donors (Lipinski definition) is 1. The molecule has 0 aliphatic carbocycles. The van der Waals surface area contributed by atoms with E-state index in [1.807, 2.05) is 72.8 Å². The number of nitrogens with zero attached hydrogens (tertiary/aromatic N) is 1. The van der Waals surface area contributed by atoms with Crippen molar-refractivity contribution < 1.29 is 22.7 Å². The van der Waals surface area contributed by atoms with E-state index in [4.69, 9.17) is 9.47 Å². The highest BCUT2D eigenvalue weighted by Gasteiger charge is 2.27. The number of benzene rings is 4. The first kappa shape index (κ1) is 26.2. The molecule has 1 N–H and O–H groups in total. The zero-order valence-corrected chi connectivity index (χ0v) is 21.7. The fourth-order valence-electron chi connectivity index (χ4n) is 4.17. The van der Waals surface area contributed by atoms with E-state index < -0.39 is 10.0 Å². The number of methoxy groups -OCH3 is 2. The van der Waals surface area contributed by atoms with Gasteiger partial charge in [0.2, 0.25) is 15.9 Å². The molecule has 0 aliphatic heterocycles. The summed E-state index contributed by atoms with van der Waals surface area (Å²) < 4.78 is 39.1. The first-order valence-corrected chi connectivity index (χ1v) is 13.4. The third-order valence-electron chi connectivity index (χ3n) is 6.16. The van der Waals surface area contributed by atoms with Crippen molar-refractivity contribution in [1.82, 2.24) is 9.62 Å². The van der Waals surface area contributed by atoms with E-state index in [1.165, 1.54) is 30.7 Å². The normalized spacial score (nSPS) is 11.4. The van der Waals surface area contributed by atoms with Crippen LogP contribution >= 0.6 is 0 Å². The summed E-state index contributed by atoms with van der Waals surface area (Å²) in [6, 6.07) is 27.8. The summed E-state index contributed by atoms with van der Waals surface area (Å²) in [6.07, 6.45) is 0.462. The Hall–Kier alpha value is -3.88. The highest BCUT2D eigenvalue weighted by molar-refractivity contribution is 7.89. The molecule has 4 aromatic rings. The first-order valence-electron chi connectivity index (χ1n) is 11.9. The van der Waals surface area contributed by atoms with Crippen molar-refractivity contribution in [2.24, 2.45) is 0 Å². The van der Waals surface area contributed by atoms with Gasteiger partial charge in [-0.05, 0) is 40.5 Å². The van der Waals surface area contributed by atoms with Crippen molar-refractivity contribution in [2.75, 3.05) is 27.3 Å². The maximum atomic E-state index is 13.7. The Labute approximate surface area is 217 Å². The molecule has 0 unspecified atom stereocenters. The molecule has 0 fully saturated rings. The van der Waals surface area contributed by atoms with Crippen LogP contribution in [0.1, 0.15) is 11.1 Å². The van der Waals surface area contributed by atoms with E-state index in [-0.39, 0.29) is 23.9 Å². The minimum absolute atomic E-state index is 0.0278. The maximum Gasteiger partial charge on any atom is 0.243 e. The Morgan fingerprint density at radius 3 is 2.30 bits per heavy atom. The summed E-state index contributed by atoms with van der Waals surface area (Å²) in [6.45, 7) is 0.125. The van der Waals surface area contributed by atoms with Crippen LogP contribution in [0.4, 0.5) is 0 Å². The van der Waals surface area contributed by atoms with Crippen LogP contribution < -0.4 is 14.8 Å². The average Bonchev–Trinajstić information content (AvgIpc) is 2.94. The molecule has 1 amide bonds. The lowest BCUT2D eigenvalue weighted by atomic mass is 10.0. The summed E-state index contributed by atoms with van der Waals surface area (Å²) >= 11 is 0. The molecule has 37 heavy (non-hydrogen) atoms. The van der Waals surface area contributed by atoms with E-state index in [9.17, 15) is 13.2 Å². The van der Waals surface area contributed by atoms with Crippen molar-refractivity contribution in [2.45, 2.75) is 17.9 Å². The van der Waals surface area contributed by atoms with Gasteiger partial charge in [-0.2, -0.15) is 4.31 Å². The zero-order valence-electron chi connectivity index (χ0n) is 20.9. The topological polar surface area (TPSA) is 84.9 Å². The van der Waals surface area contributed by atoms with Crippen molar-refractivity contribution in [3.8, 4) is 11.5 Å². The number of carbonyl (C=O) groups is 1. The molecular weight excluding hydrogens is 488 g/mol. The van der Waals surface area contributed by atoms with Crippen LogP contribution in [0, 0.1) is 0 Å². The van der Waals surface area contributed by atoms with Gasteiger partial charge in [0.1, 0.15) is 0 Å². The van der Waals surface area contributed by atoms with E-state index in [2.05, 4.69) is 5.32 Å². The highest BCUT2D eigenvalue weighted by atomic mass is 32.2. The van der Waals surface area contributed by atoms with Crippen molar-refractivity contribution >= 4 is 26.7 Å². The second-order valence-electron chi connectivity index (χ2n) is 8.51. The molecule has 0 radical (unpaired) electrons. The molecule has 0 aromatic heterocycles. The number of nitrogens with one attached hydrogen (secondary N) is 1. The molecular formula is C29H30N2O5S. The van der Waals surface area contributed by atoms with Crippen LogP contribution in [0.2, 0.25) is 0 Å². The van der Waals surface area contributed by atoms with Crippen LogP contribution in [0.3, 0.4) is 0 Å². The first-order chi connectivity index (χ1) is 17.9. The number of hydrogen-bond acceptors (Lipinski definition) is 5. The minimum atomic E-state index is -4.00. The molecule has 0 aliphatic rings. The third kappa shape index (κ3) is 6.28. The fourth-order valence-corrected chi connectivity index (χ4v) is 5.58. The lowest BCUT2D eigenvalue weighted by Crippen LogP contribution is -2.41. The molecule has 0 atom stereocenters. The molecule has 4 rings (SSSR count). The van der Waals surface area contributed by atoms with Crippen molar-refractivity contribution in [3.63, 3.8) is 0 Å². The second-order valence-corrected chi connectivity index (χ2v) is 10.4. The predicted molar refractivity (Wildman–Crippen MR) is 144 cm³/mol. The number of ether oxygens (including phenoxy) is 2. The highest BCUT2D eigenvalue weighted by Crippen LogP contribution is 2.30. The lowest BCUT2D eigenvalue weighted by Gasteiger charge is -2.22. The van der Waals surface area contributed by atoms with Gasteiger partial charge in [-0.25, -0.2) is 8.42 Å². The second kappa shape index (κ2) is 11.9. The summed E-state index contributed by atoms with van der Waals surface area (Å²) in [5.74, 6) is 0.335. The van der Waals surface area contributed by atoms with E-state index in [0.29, 0.717) is 24.5 Å². The monoisotopic (exact) mass is 518 g/mol. The van der Waals surface area contributed by atoms with Crippen LogP contribution in [0.15, 0.2) is 95.9 Å². The smallest absolute Gasteiger partial charge is 0.243 e. The van der Waals surface area contributed by atoms with Gasteiger partial charge in [-0.3, -0.25) is 4.79 Å². The van der Waals surface area contributed by atoms with Gasteiger partial charge in [-0.1, -0.05) is 72.8 Å². The molecule has 0 spiro atoms. The van der Waals surface area contributed by atoms with Gasteiger partial charge in [-0.15, -0.1) is 0 Å². The molecule has 0 heterocycles. The van der Waals surface area contributed by atoms with Crippen LogP contribution in [-0.2, 0) is 27.8 Å². The van der Waals surface area contributed by atoms with Gasteiger partial charge >= 0.3 is 0 Å². The van der Waals surface area contributed by atoms with Gasteiger partial charge in [0.25, 0.3) is 0 Å². The SMILES string of the molecule is COc1ccc(S(=O)(=O)N(CCc2ccccc2)CC(=O)NCc2cccc3ccccc23)cc1OC. The fraction of sp³-hybridized carbons (Fsp3) is 0.207. The van der Waals surface area contributed by atoms with Crippen molar-refractivity contribution in [3.05, 3.63) is 102 Å². The van der Waals surface area contributed by atoms with E-state index >= 15 is 0 Å². The van der Waals surface area contributed by atoms with Crippen molar-refractivity contribution in [1.29, 1.82) is 0 Å². The summed E-state index contributed by atoms with van der Waals surface area (Å²) in [5, 5.41) is 5.02. The Balaban J connectivity index is 1.55. The van der Waals surface area contributed by atoms with Crippen LogP contribution in [0.25, 0.3) is 10.8 Å². The summed E-state index contributed by atoms with van der Waals surface area (Å²) in [7, 11) is -1.07. The molecule has 0 bridgehead atoms. The molecule has 0 saturated heterocycles. The number of carbonyl (C=O) groups excluding carboxylic acids is 1.